The third kappa shape index (κ3) is 45.0. The molecule has 0 spiro atoms. The maximum atomic E-state index is 12.2. The predicted octanol–water partition coefficient (Wildman–Crippen LogP) is 16.0. The second-order valence-corrected chi connectivity index (χ2v) is 16.2. The van der Waals surface area contributed by atoms with E-state index in [1.54, 1.807) is 0 Å². The van der Waals surface area contributed by atoms with E-state index in [1.807, 2.05) is 0 Å². The summed E-state index contributed by atoms with van der Waals surface area (Å²) in [6.07, 6.45) is 60.8. The number of hydrogen-bond donors (Lipinski definition) is 1. The van der Waals surface area contributed by atoms with Gasteiger partial charge in [-0.2, -0.15) is 0 Å². The molecule has 0 fully saturated rings. The summed E-state index contributed by atoms with van der Waals surface area (Å²) in [4.78, 5) is 12.2. The Bertz CT molecular complexity index is 802. The molecule has 0 aromatic heterocycles. The molecule has 0 aromatic carbocycles. The van der Waals surface area contributed by atoms with Gasteiger partial charge in [-0.3, -0.25) is 4.79 Å². The molecule has 318 valence electrons. The molecule has 0 radical (unpaired) electrons. The number of esters is 1. The van der Waals surface area contributed by atoms with E-state index in [2.05, 4.69) is 50.3 Å². The fourth-order valence-electron chi connectivity index (χ4n) is 7.06. The molecule has 0 bridgehead atoms. The summed E-state index contributed by atoms with van der Waals surface area (Å²) in [6, 6.07) is 0. The average molecular weight is 759 g/mol. The molecule has 0 aliphatic heterocycles. The van der Waals surface area contributed by atoms with Crippen molar-refractivity contribution in [3.8, 4) is 0 Å². The zero-order chi connectivity index (χ0) is 39.1. The minimum absolute atomic E-state index is 0.173. The zero-order valence-electron chi connectivity index (χ0n) is 36.5. The summed E-state index contributed by atoms with van der Waals surface area (Å²) in [5.74, 6) is -0.206. The summed E-state index contributed by atoms with van der Waals surface area (Å²) in [6.45, 7) is 5.35. The Labute approximate surface area is 338 Å². The maximum absolute atomic E-state index is 12.2. The van der Waals surface area contributed by atoms with Gasteiger partial charge >= 0.3 is 5.97 Å². The highest BCUT2D eigenvalue weighted by molar-refractivity contribution is 5.69. The van der Waals surface area contributed by atoms with Crippen LogP contribution >= 0.6 is 0 Å². The molecular formula is C50H94O4. The van der Waals surface area contributed by atoms with Gasteiger partial charge in [0.05, 0.1) is 13.2 Å². The molecule has 1 unspecified atom stereocenters. The van der Waals surface area contributed by atoms with Gasteiger partial charge in [0, 0.05) is 13.0 Å². The Kier molecular flexibility index (Phi) is 46.5. The lowest BCUT2D eigenvalue weighted by Crippen LogP contribution is -2.27. The predicted molar refractivity (Wildman–Crippen MR) is 237 cm³/mol. The van der Waals surface area contributed by atoms with Crippen LogP contribution in [0, 0.1) is 0 Å². The van der Waals surface area contributed by atoms with Crippen molar-refractivity contribution in [2.45, 2.75) is 258 Å². The SMILES string of the molecule is CCCCCC/C=C\C/C=C\CCCCCCCCCC(=O)OC(CO)COCCCCCCCCCCCCCC/C=C\CCCCCCCCCC. The van der Waals surface area contributed by atoms with E-state index < -0.39 is 6.10 Å². The third-order valence-corrected chi connectivity index (χ3v) is 10.7. The van der Waals surface area contributed by atoms with Crippen LogP contribution in [-0.4, -0.2) is 37.0 Å². The zero-order valence-corrected chi connectivity index (χ0v) is 36.5. The van der Waals surface area contributed by atoms with Gasteiger partial charge in [0.1, 0.15) is 6.10 Å². The van der Waals surface area contributed by atoms with Crippen molar-refractivity contribution < 1.29 is 19.4 Å². The van der Waals surface area contributed by atoms with Crippen LogP contribution in [-0.2, 0) is 14.3 Å². The molecule has 0 saturated carbocycles. The first-order chi connectivity index (χ1) is 26.7. The Morgan fingerprint density at radius 1 is 0.444 bits per heavy atom. The molecule has 0 saturated heterocycles. The van der Waals surface area contributed by atoms with Gasteiger partial charge in [-0.15, -0.1) is 0 Å². The molecule has 0 aliphatic rings. The van der Waals surface area contributed by atoms with E-state index in [1.165, 1.54) is 205 Å². The van der Waals surface area contributed by atoms with E-state index in [-0.39, 0.29) is 12.6 Å². The lowest BCUT2D eigenvalue weighted by Gasteiger charge is -2.16. The van der Waals surface area contributed by atoms with Crippen LogP contribution in [0.2, 0.25) is 0 Å². The quantitative estimate of drug-likeness (QED) is 0.0382. The molecule has 0 rings (SSSR count). The number of ether oxygens (including phenoxy) is 2. The second-order valence-electron chi connectivity index (χ2n) is 16.2. The number of rotatable bonds is 45. The van der Waals surface area contributed by atoms with Gasteiger partial charge in [0.2, 0.25) is 0 Å². The summed E-state index contributed by atoms with van der Waals surface area (Å²) in [5.41, 5.74) is 0. The Morgan fingerprint density at radius 2 is 0.778 bits per heavy atom. The first-order valence-electron chi connectivity index (χ1n) is 24.1. The van der Waals surface area contributed by atoms with Crippen molar-refractivity contribution in [2.24, 2.45) is 0 Å². The summed E-state index contributed by atoms with van der Waals surface area (Å²) in [5, 5.41) is 9.63. The normalized spacial score (nSPS) is 12.6. The van der Waals surface area contributed by atoms with Gasteiger partial charge in [-0.05, 0) is 70.6 Å². The lowest BCUT2D eigenvalue weighted by molar-refractivity contribution is -0.154. The molecule has 0 aromatic rings. The third-order valence-electron chi connectivity index (χ3n) is 10.7. The molecule has 4 heteroatoms. The summed E-state index contributed by atoms with van der Waals surface area (Å²) < 4.78 is 11.2. The van der Waals surface area contributed by atoms with E-state index in [0.29, 0.717) is 19.6 Å². The second kappa shape index (κ2) is 47.8. The molecule has 1 atom stereocenters. The first kappa shape index (κ1) is 52.6. The maximum Gasteiger partial charge on any atom is 0.306 e. The average Bonchev–Trinajstić information content (AvgIpc) is 3.18. The number of carbonyl (C=O) groups is 1. The Balaban J connectivity index is 3.39. The van der Waals surface area contributed by atoms with Crippen molar-refractivity contribution in [3.05, 3.63) is 36.5 Å². The molecule has 0 heterocycles. The van der Waals surface area contributed by atoms with E-state index in [0.717, 1.165) is 25.7 Å². The lowest BCUT2D eigenvalue weighted by atomic mass is 10.0. The highest BCUT2D eigenvalue weighted by Gasteiger charge is 2.13. The van der Waals surface area contributed by atoms with Crippen molar-refractivity contribution in [1.29, 1.82) is 0 Å². The number of unbranched alkanes of at least 4 members (excludes halogenated alkanes) is 31. The van der Waals surface area contributed by atoms with Crippen LogP contribution < -0.4 is 0 Å². The standard InChI is InChI=1S/C50H94O4/c1-3-5-7-9-11-13-15-17-19-21-23-24-25-26-27-28-30-32-34-36-38-40-42-44-46-53-48-49(47-51)54-50(52)45-43-41-39-37-35-33-31-29-22-20-18-16-14-12-10-8-6-4-2/h14,16,20-23,49,51H,3-13,15,17-19,24-48H2,1-2H3/b16-14-,22-20-,23-21-. The van der Waals surface area contributed by atoms with Crippen LogP contribution in [0.5, 0.6) is 0 Å². The Hall–Kier alpha value is -1.39. The fraction of sp³-hybridized carbons (Fsp3) is 0.860. The van der Waals surface area contributed by atoms with Crippen LogP contribution in [0.1, 0.15) is 251 Å². The van der Waals surface area contributed by atoms with Crippen LogP contribution in [0.4, 0.5) is 0 Å². The topological polar surface area (TPSA) is 55.8 Å². The monoisotopic (exact) mass is 759 g/mol. The van der Waals surface area contributed by atoms with Crippen molar-refractivity contribution >= 4 is 5.97 Å². The van der Waals surface area contributed by atoms with E-state index in [4.69, 9.17) is 9.47 Å². The van der Waals surface area contributed by atoms with Crippen LogP contribution in [0.3, 0.4) is 0 Å². The van der Waals surface area contributed by atoms with Gasteiger partial charge < -0.3 is 14.6 Å². The molecule has 1 N–H and O–H groups in total. The summed E-state index contributed by atoms with van der Waals surface area (Å²) in [7, 11) is 0. The molecule has 54 heavy (non-hydrogen) atoms. The van der Waals surface area contributed by atoms with Gasteiger partial charge in [0.15, 0.2) is 0 Å². The summed E-state index contributed by atoms with van der Waals surface area (Å²) >= 11 is 0. The number of carbonyl (C=O) groups excluding carboxylic acids is 1. The number of hydrogen-bond acceptors (Lipinski definition) is 4. The molecular weight excluding hydrogens is 665 g/mol. The van der Waals surface area contributed by atoms with Gasteiger partial charge in [-0.1, -0.05) is 211 Å². The molecule has 0 aliphatic carbocycles. The van der Waals surface area contributed by atoms with Gasteiger partial charge in [-0.25, -0.2) is 0 Å². The first-order valence-corrected chi connectivity index (χ1v) is 24.1. The van der Waals surface area contributed by atoms with Crippen molar-refractivity contribution in [1.82, 2.24) is 0 Å². The highest BCUT2D eigenvalue weighted by Crippen LogP contribution is 2.15. The Morgan fingerprint density at radius 3 is 1.19 bits per heavy atom. The minimum Gasteiger partial charge on any atom is -0.457 e. The van der Waals surface area contributed by atoms with Crippen molar-refractivity contribution in [3.63, 3.8) is 0 Å². The number of allylic oxidation sites excluding steroid dienone is 6. The minimum atomic E-state index is -0.538. The number of aliphatic hydroxyl groups is 1. The van der Waals surface area contributed by atoms with E-state index in [9.17, 15) is 9.90 Å². The largest absolute Gasteiger partial charge is 0.457 e. The van der Waals surface area contributed by atoms with Crippen LogP contribution in [0.25, 0.3) is 0 Å². The van der Waals surface area contributed by atoms with E-state index >= 15 is 0 Å². The molecule has 0 amide bonds. The van der Waals surface area contributed by atoms with Crippen molar-refractivity contribution in [2.75, 3.05) is 19.8 Å². The van der Waals surface area contributed by atoms with Crippen LogP contribution in [0.15, 0.2) is 36.5 Å². The fourth-order valence-corrected chi connectivity index (χ4v) is 7.06. The van der Waals surface area contributed by atoms with Gasteiger partial charge in [0.25, 0.3) is 0 Å². The highest BCUT2D eigenvalue weighted by atomic mass is 16.6. The number of aliphatic hydroxyl groups excluding tert-OH is 1. The smallest absolute Gasteiger partial charge is 0.306 e. The molecule has 4 nitrogen and oxygen atoms in total.